The Balaban J connectivity index is 2.02. The molecule has 1 aliphatic heterocycles. The van der Waals surface area contributed by atoms with Crippen LogP contribution in [0.3, 0.4) is 0 Å². The predicted molar refractivity (Wildman–Crippen MR) is 60.4 cm³/mol. The SMILES string of the molecule is O=S1(=O)CCC(Nc2cnc(Br)cn2)C1. The van der Waals surface area contributed by atoms with Crippen molar-refractivity contribution in [2.45, 2.75) is 12.5 Å². The lowest BCUT2D eigenvalue weighted by molar-refractivity contribution is 0.602. The average Bonchev–Trinajstić information content (AvgIpc) is 2.50. The lowest BCUT2D eigenvalue weighted by Crippen LogP contribution is -2.21. The summed E-state index contributed by atoms with van der Waals surface area (Å²) in [5.41, 5.74) is 0. The molecule has 0 aliphatic carbocycles. The van der Waals surface area contributed by atoms with E-state index in [1.807, 2.05) is 0 Å². The number of anilines is 1. The Morgan fingerprint density at radius 3 is 2.73 bits per heavy atom. The minimum Gasteiger partial charge on any atom is -0.365 e. The Hall–Kier alpha value is -0.690. The zero-order valence-corrected chi connectivity index (χ0v) is 10.3. The molecule has 1 aromatic heterocycles. The van der Waals surface area contributed by atoms with Crippen LogP contribution in [0.25, 0.3) is 0 Å². The van der Waals surface area contributed by atoms with Crippen molar-refractivity contribution in [3.8, 4) is 0 Å². The molecule has 1 saturated heterocycles. The highest BCUT2D eigenvalue weighted by Crippen LogP contribution is 2.16. The molecule has 1 aromatic rings. The minimum atomic E-state index is -2.84. The maximum absolute atomic E-state index is 11.2. The van der Waals surface area contributed by atoms with E-state index in [0.29, 0.717) is 16.8 Å². The van der Waals surface area contributed by atoms with Crippen LogP contribution in [0.15, 0.2) is 17.0 Å². The van der Waals surface area contributed by atoms with Gasteiger partial charge in [-0.3, -0.25) is 0 Å². The van der Waals surface area contributed by atoms with Crippen molar-refractivity contribution in [3.63, 3.8) is 0 Å². The summed E-state index contributed by atoms with van der Waals surface area (Å²) >= 11 is 3.18. The second-order valence-corrected chi connectivity index (χ2v) is 6.51. The van der Waals surface area contributed by atoms with Crippen LogP contribution in [0, 0.1) is 0 Å². The highest BCUT2D eigenvalue weighted by atomic mass is 79.9. The maximum Gasteiger partial charge on any atom is 0.152 e. The average molecular weight is 292 g/mol. The van der Waals surface area contributed by atoms with Crippen LogP contribution >= 0.6 is 15.9 Å². The van der Waals surface area contributed by atoms with Gasteiger partial charge >= 0.3 is 0 Å². The summed E-state index contributed by atoms with van der Waals surface area (Å²) in [6.45, 7) is 0. The first-order valence-corrected chi connectivity index (χ1v) is 7.11. The van der Waals surface area contributed by atoms with E-state index < -0.39 is 9.84 Å². The van der Waals surface area contributed by atoms with Gasteiger partial charge in [-0.2, -0.15) is 0 Å². The molecule has 0 bridgehead atoms. The number of hydrogen-bond acceptors (Lipinski definition) is 5. The molecule has 82 valence electrons. The fourth-order valence-electron chi connectivity index (χ4n) is 1.50. The number of nitrogens with one attached hydrogen (secondary N) is 1. The molecule has 0 spiro atoms. The van der Waals surface area contributed by atoms with Crippen molar-refractivity contribution in [1.29, 1.82) is 0 Å². The van der Waals surface area contributed by atoms with Gasteiger partial charge in [-0.25, -0.2) is 18.4 Å². The van der Waals surface area contributed by atoms with Gasteiger partial charge in [0.25, 0.3) is 0 Å². The van der Waals surface area contributed by atoms with Gasteiger partial charge in [0.15, 0.2) is 9.84 Å². The molecule has 1 fully saturated rings. The highest BCUT2D eigenvalue weighted by molar-refractivity contribution is 9.10. The van der Waals surface area contributed by atoms with Gasteiger partial charge in [0.1, 0.15) is 10.4 Å². The zero-order valence-electron chi connectivity index (χ0n) is 7.85. The molecule has 1 atom stereocenters. The summed E-state index contributed by atoms with van der Waals surface area (Å²) in [6.07, 6.45) is 3.79. The summed E-state index contributed by atoms with van der Waals surface area (Å²) in [4.78, 5) is 8.07. The van der Waals surface area contributed by atoms with Crippen molar-refractivity contribution in [1.82, 2.24) is 9.97 Å². The van der Waals surface area contributed by atoms with Crippen molar-refractivity contribution in [3.05, 3.63) is 17.0 Å². The topological polar surface area (TPSA) is 72.0 Å². The van der Waals surface area contributed by atoms with E-state index in [1.165, 1.54) is 0 Å². The third kappa shape index (κ3) is 2.88. The van der Waals surface area contributed by atoms with Crippen molar-refractivity contribution >= 4 is 31.6 Å². The van der Waals surface area contributed by atoms with Gasteiger partial charge in [-0.1, -0.05) is 0 Å². The van der Waals surface area contributed by atoms with Crippen LogP contribution in [0.5, 0.6) is 0 Å². The minimum absolute atomic E-state index is 0.0366. The fourth-order valence-corrected chi connectivity index (χ4v) is 3.38. The number of aromatic nitrogens is 2. The van der Waals surface area contributed by atoms with E-state index in [2.05, 4.69) is 31.2 Å². The Bertz CT molecular complexity index is 445. The highest BCUT2D eigenvalue weighted by Gasteiger charge is 2.27. The molecule has 15 heavy (non-hydrogen) atoms. The first-order chi connectivity index (χ1) is 7.05. The standard InChI is InChI=1S/C8H10BrN3O2S/c9-7-3-11-8(4-10-7)12-6-1-2-15(13,14)5-6/h3-4,6H,1-2,5H2,(H,11,12). The molecule has 0 saturated carbocycles. The molecule has 1 unspecified atom stereocenters. The normalized spacial score (nSPS) is 23.9. The molecule has 7 heteroatoms. The van der Waals surface area contributed by atoms with E-state index >= 15 is 0 Å². The number of sulfone groups is 1. The van der Waals surface area contributed by atoms with Crippen LogP contribution in [0.2, 0.25) is 0 Å². The lowest BCUT2D eigenvalue weighted by atomic mass is 10.3. The second-order valence-electron chi connectivity index (χ2n) is 3.47. The zero-order chi connectivity index (χ0) is 10.9. The van der Waals surface area contributed by atoms with Crippen LogP contribution in [0.4, 0.5) is 5.82 Å². The Labute approximate surface area is 96.4 Å². The fraction of sp³-hybridized carbons (Fsp3) is 0.500. The van der Waals surface area contributed by atoms with Gasteiger partial charge in [0.05, 0.1) is 23.9 Å². The summed E-state index contributed by atoms with van der Waals surface area (Å²) < 4.78 is 23.1. The van der Waals surface area contributed by atoms with Gasteiger partial charge in [0.2, 0.25) is 0 Å². The lowest BCUT2D eigenvalue weighted by Gasteiger charge is -2.10. The van der Waals surface area contributed by atoms with Gasteiger partial charge in [0, 0.05) is 6.04 Å². The third-order valence-corrected chi connectivity index (χ3v) is 4.38. The molecule has 2 heterocycles. The molecule has 0 amide bonds. The second kappa shape index (κ2) is 4.05. The molecule has 0 aromatic carbocycles. The molecular weight excluding hydrogens is 282 g/mol. The summed E-state index contributed by atoms with van der Waals surface area (Å²) in [6, 6.07) is -0.0366. The Morgan fingerprint density at radius 2 is 2.20 bits per heavy atom. The van der Waals surface area contributed by atoms with Gasteiger partial charge in [-0.05, 0) is 22.4 Å². The predicted octanol–water partition coefficient (Wildman–Crippen LogP) is 0.838. The van der Waals surface area contributed by atoms with Crippen LogP contribution in [-0.2, 0) is 9.84 Å². The van der Waals surface area contributed by atoms with Crippen molar-refractivity contribution in [2.75, 3.05) is 16.8 Å². The number of halogens is 1. The quantitative estimate of drug-likeness (QED) is 0.874. The van der Waals surface area contributed by atoms with E-state index in [-0.39, 0.29) is 17.5 Å². The third-order valence-electron chi connectivity index (χ3n) is 2.20. The molecule has 1 N–H and O–H groups in total. The molecule has 0 radical (unpaired) electrons. The van der Waals surface area contributed by atoms with Gasteiger partial charge < -0.3 is 5.32 Å². The van der Waals surface area contributed by atoms with Crippen LogP contribution in [0.1, 0.15) is 6.42 Å². The summed E-state index contributed by atoms with van der Waals surface area (Å²) in [5.74, 6) is 1.06. The number of hydrogen-bond donors (Lipinski definition) is 1. The van der Waals surface area contributed by atoms with E-state index in [1.54, 1.807) is 12.4 Å². The monoisotopic (exact) mass is 291 g/mol. The molecular formula is C8H10BrN3O2S. The van der Waals surface area contributed by atoms with E-state index in [0.717, 1.165) is 0 Å². The smallest absolute Gasteiger partial charge is 0.152 e. The van der Waals surface area contributed by atoms with Gasteiger partial charge in [-0.15, -0.1) is 0 Å². The maximum atomic E-state index is 11.2. The Morgan fingerprint density at radius 1 is 1.40 bits per heavy atom. The molecule has 5 nitrogen and oxygen atoms in total. The van der Waals surface area contributed by atoms with E-state index in [9.17, 15) is 8.42 Å². The Kier molecular flexibility index (Phi) is 2.92. The largest absolute Gasteiger partial charge is 0.365 e. The first-order valence-electron chi connectivity index (χ1n) is 4.50. The first kappa shape index (κ1) is 10.8. The summed E-state index contributed by atoms with van der Waals surface area (Å²) in [5, 5.41) is 3.05. The van der Waals surface area contributed by atoms with Crippen LogP contribution < -0.4 is 5.32 Å². The molecule has 1 aliphatic rings. The summed E-state index contributed by atoms with van der Waals surface area (Å²) in [7, 11) is -2.84. The van der Waals surface area contributed by atoms with E-state index in [4.69, 9.17) is 0 Å². The molecule has 2 rings (SSSR count). The van der Waals surface area contributed by atoms with Crippen molar-refractivity contribution in [2.24, 2.45) is 0 Å². The number of nitrogens with zero attached hydrogens (tertiary/aromatic N) is 2. The van der Waals surface area contributed by atoms with Crippen molar-refractivity contribution < 1.29 is 8.42 Å². The van der Waals surface area contributed by atoms with Crippen LogP contribution in [-0.4, -0.2) is 35.9 Å². The number of rotatable bonds is 2.